The zero-order valence-electron chi connectivity index (χ0n) is 13.6. The first-order valence-corrected chi connectivity index (χ1v) is 8.83. The van der Waals surface area contributed by atoms with E-state index in [0.717, 1.165) is 11.4 Å². The van der Waals surface area contributed by atoms with Crippen LogP contribution in [0.25, 0.3) is 11.4 Å². The molecule has 3 aromatic rings. The van der Waals surface area contributed by atoms with Gasteiger partial charge in [-0.1, -0.05) is 54.2 Å². The van der Waals surface area contributed by atoms with Gasteiger partial charge in [0.2, 0.25) is 5.91 Å². The molecule has 0 fully saturated rings. The molecule has 7 heteroatoms. The molecule has 0 radical (unpaired) electrons. The molecule has 0 bridgehead atoms. The summed E-state index contributed by atoms with van der Waals surface area (Å²) in [4.78, 5) is 12.1. The highest BCUT2D eigenvalue weighted by Crippen LogP contribution is 2.24. The third-order valence-corrected chi connectivity index (χ3v) is 4.51. The maximum absolute atomic E-state index is 13.6. The van der Waals surface area contributed by atoms with Crippen LogP contribution in [0.4, 0.5) is 10.1 Å². The molecule has 0 atom stereocenters. The summed E-state index contributed by atoms with van der Waals surface area (Å²) in [6.07, 6.45) is 0. The molecule has 1 aromatic heterocycles. The van der Waals surface area contributed by atoms with Gasteiger partial charge in [-0.25, -0.2) is 4.39 Å². The minimum absolute atomic E-state index is 0.126. The van der Waals surface area contributed by atoms with Gasteiger partial charge >= 0.3 is 0 Å². The predicted molar refractivity (Wildman–Crippen MR) is 96.9 cm³/mol. The lowest BCUT2D eigenvalue weighted by Gasteiger charge is -2.08. The molecule has 0 aliphatic rings. The Morgan fingerprint density at radius 2 is 1.84 bits per heavy atom. The molecule has 1 heterocycles. The molecule has 0 aliphatic heterocycles. The van der Waals surface area contributed by atoms with Gasteiger partial charge < -0.3 is 9.88 Å². The Balaban J connectivity index is 1.68. The molecule has 1 N–H and O–H groups in total. The van der Waals surface area contributed by atoms with Crippen molar-refractivity contribution in [1.82, 2.24) is 14.8 Å². The zero-order chi connectivity index (χ0) is 17.6. The SMILES string of the molecule is CCn1c(SCC(=O)Nc2ccccc2F)nnc1-c1ccccc1. The van der Waals surface area contributed by atoms with Crippen molar-refractivity contribution in [2.75, 3.05) is 11.1 Å². The fourth-order valence-electron chi connectivity index (χ4n) is 2.36. The monoisotopic (exact) mass is 356 g/mol. The van der Waals surface area contributed by atoms with Crippen LogP contribution in [0.1, 0.15) is 6.92 Å². The second-order valence-electron chi connectivity index (χ2n) is 5.23. The van der Waals surface area contributed by atoms with Gasteiger partial charge in [-0.05, 0) is 19.1 Å². The van der Waals surface area contributed by atoms with Crippen LogP contribution in [-0.4, -0.2) is 26.4 Å². The van der Waals surface area contributed by atoms with E-state index in [0.29, 0.717) is 11.7 Å². The molecular weight excluding hydrogens is 339 g/mol. The average molecular weight is 356 g/mol. The van der Waals surface area contributed by atoms with Crippen molar-refractivity contribution in [2.45, 2.75) is 18.6 Å². The Hall–Kier alpha value is -2.67. The van der Waals surface area contributed by atoms with Gasteiger partial charge in [-0.3, -0.25) is 4.79 Å². The van der Waals surface area contributed by atoms with Crippen LogP contribution >= 0.6 is 11.8 Å². The van der Waals surface area contributed by atoms with E-state index in [9.17, 15) is 9.18 Å². The Morgan fingerprint density at radius 1 is 1.12 bits per heavy atom. The molecule has 2 aromatic carbocycles. The number of aromatic nitrogens is 3. The summed E-state index contributed by atoms with van der Waals surface area (Å²) >= 11 is 1.28. The number of thioether (sulfide) groups is 1. The standard InChI is InChI=1S/C18H17FN4OS/c1-2-23-17(13-8-4-3-5-9-13)21-22-18(23)25-12-16(24)20-15-11-7-6-10-14(15)19/h3-11H,2,12H2,1H3,(H,20,24). The lowest BCUT2D eigenvalue weighted by Crippen LogP contribution is -2.15. The number of nitrogens with one attached hydrogen (secondary N) is 1. The first-order valence-electron chi connectivity index (χ1n) is 7.85. The summed E-state index contributed by atoms with van der Waals surface area (Å²) in [5.41, 5.74) is 1.15. The molecule has 5 nitrogen and oxygen atoms in total. The average Bonchev–Trinajstić information content (AvgIpc) is 3.05. The lowest BCUT2D eigenvalue weighted by molar-refractivity contribution is -0.113. The molecule has 0 saturated carbocycles. The molecule has 3 rings (SSSR count). The number of hydrogen-bond acceptors (Lipinski definition) is 4. The molecule has 128 valence electrons. The van der Waals surface area contributed by atoms with E-state index in [4.69, 9.17) is 0 Å². The second kappa shape index (κ2) is 7.94. The van der Waals surface area contributed by atoms with Gasteiger partial charge in [0.1, 0.15) is 5.82 Å². The number of amides is 1. The van der Waals surface area contributed by atoms with E-state index in [-0.39, 0.29) is 17.3 Å². The summed E-state index contributed by atoms with van der Waals surface area (Å²) in [5.74, 6) is 0.146. The van der Waals surface area contributed by atoms with Crippen molar-refractivity contribution in [2.24, 2.45) is 0 Å². The van der Waals surface area contributed by atoms with Gasteiger partial charge in [-0.15, -0.1) is 10.2 Å². The Kier molecular flexibility index (Phi) is 5.45. The quantitative estimate of drug-likeness (QED) is 0.682. The molecule has 0 unspecified atom stereocenters. The minimum atomic E-state index is -0.455. The third kappa shape index (κ3) is 4.06. The van der Waals surface area contributed by atoms with Crippen LogP contribution < -0.4 is 5.32 Å². The van der Waals surface area contributed by atoms with Crippen LogP contribution in [-0.2, 0) is 11.3 Å². The van der Waals surface area contributed by atoms with Crippen molar-refractivity contribution in [3.63, 3.8) is 0 Å². The summed E-state index contributed by atoms with van der Waals surface area (Å²) in [5, 5.41) is 11.6. The number of para-hydroxylation sites is 1. The van der Waals surface area contributed by atoms with Crippen LogP contribution in [0.2, 0.25) is 0 Å². The number of halogens is 1. The molecule has 0 aliphatic carbocycles. The van der Waals surface area contributed by atoms with Crippen LogP contribution in [0.3, 0.4) is 0 Å². The van der Waals surface area contributed by atoms with Crippen LogP contribution in [0.5, 0.6) is 0 Å². The third-order valence-electron chi connectivity index (χ3n) is 3.55. The van der Waals surface area contributed by atoms with E-state index in [1.54, 1.807) is 12.1 Å². The Bertz CT molecular complexity index is 867. The van der Waals surface area contributed by atoms with Gasteiger partial charge in [0.15, 0.2) is 11.0 Å². The maximum atomic E-state index is 13.6. The van der Waals surface area contributed by atoms with E-state index >= 15 is 0 Å². The highest BCUT2D eigenvalue weighted by Gasteiger charge is 2.15. The summed E-state index contributed by atoms with van der Waals surface area (Å²) < 4.78 is 15.5. The molecule has 0 spiro atoms. The summed E-state index contributed by atoms with van der Waals surface area (Å²) in [6, 6.07) is 15.9. The predicted octanol–water partition coefficient (Wildman–Crippen LogP) is 3.83. The topological polar surface area (TPSA) is 59.8 Å². The first kappa shape index (κ1) is 17.2. The largest absolute Gasteiger partial charge is 0.323 e. The van der Waals surface area contributed by atoms with E-state index in [1.807, 2.05) is 41.8 Å². The molecule has 0 saturated heterocycles. The fraction of sp³-hybridized carbons (Fsp3) is 0.167. The van der Waals surface area contributed by atoms with Gasteiger partial charge in [0.25, 0.3) is 0 Å². The number of hydrogen-bond donors (Lipinski definition) is 1. The molecular formula is C18H17FN4OS. The first-order chi connectivity index (χ1) is 12.2. The number of carbonyl (C=O) groups is 1. The fourth-order valence-corrected chi connectivity index (χ4v) is 3.16. The van der Waals surface area contributed by atoms with Crippen molar-refractivity contribution in [1.29, 1.82) is 0 Å². The Morgan fingerprint density at radius 3 is 2.56 bits per heavy atom. The number of benzene rings is 2. The smallest absolute Gasteiger partial charge is 0.234 e. The van der Waals surface area contributed by atoms with Gasteiger partial charge in [0.05, 0.1) is 11.4 Å². The minimum Gasteiger partial charge on any atom is -0.323 e. The molecule has 1 amide bonds. The second-order valence-corrected chi connectivity index (χ2v) is 6.18. The van der Waals surface area contributed by atoms with Crippen molar-refractivity contribution < 1.29 is 9.18 Å². The van der Waals surface area contributed by atoms with E-state index in [2.05, 4.69) is 15.5 Å². The van der Waals surface area contributed by atoms with Crippen LogP contribution in [0, 0.1) is 5.82 Å². The maximum Gasteiger partial charge on any atom is 0.234 e. The number of carbonyl (C=O) groups excluding carboxylic acids is 1. The van der Waals surface area contributed by atoms with Gasteiger partial charge in [0, 0.05) is 12.1 Å². The molecule has 25 heavy (non-hydrogen) atoms. The highest BCUT2D eigenvalue weighted by atomic mass is 32.2. The summed E-state index contributed by atoms with van der Waals surface area (Å²) in [7, 11) is 0. The number of rotatable bonds is 6. The van der Waals surface area contributed by atoms with E-state index in [1.165, 1.54) is 23.9 Å². The Labute approximate surface area is 149 Å². The van der Waals surface area contributed by atoms with Crippen molar-refractivity contribution >= 4 is 23.4 Å². The van der Waals surface area contributed by atoms with E-state index < -0.39 is 5.82 Å². The number of nitrogens with zero attached hydrogens (tertiary/aromatic N) is 3. The summed E-state index contributed by atoms with van der Waals surface area (Å²) in [6.45, 7) is 2.69. The highest BCUT2D eigenvalue weighted by molar-refractivity contribution is 7.99. The normalized spacial score (nSPS) is 10.6. The van der Waals surface area contributed by atoms with Crippen molar-refractivity contribution in [3.8, 4) is 11.4 Å². The van der Waals surface area contributed by atoms with Gasteiger partial charge in [-0.2, -0.15) is 0 Å². The van der Waals surface area contributed by atoms with Crippen molar-refractivity contribution in [3.05, 3.63) is 60.4 Å². The lowest BCUT2D eigenvalue weighted by atomic mass is 10.2. The van der Waals surface area contributed by atoms with Crippen LogP contribution in [0.15, 0.2) is 59.8 Å². The zero-order valence-corrected chi connectivity index (χ0v) is 14.5. The number of anilines is 1.